The summed E-state index contributed by atoms with van der Waals surface area (Å²) in [7, 11) is 1.56. The van der Waals surface area contributed by atoms with E-state index in [4.69, 9.17) is 9.47 Å². The minimum atomic E-state index is -0.732. The Morgan fingerprint density at radius 1 is 1.09 bits per heavy atom. The first kappa shape index (κ1) is 24.1. The fraction of sp³-hybridized carbons (Fsp3) is 0.296. The molecular formula is C27H29N3O5. The third-order valence-electron chi connectivity index (χ3n) is 5.92. The van der Waals surface area contributed by atoms with Crippen LogP contribution in [0.15, 0.2) is 72.8 Å². The van der Waals surface area contributed by atoms with Crippen molar-refractivity contribution in [3.63, 3.8) is 0 Å². The average Bonchev–Trinajstić information content (AvgIpc) is 3.49. The number of nitrogens with zero attached hydrogens (tertiary/aromatic N) is 3. The van der Waals surface area contributed by atoms with Crippen LogP contribution in [0.25, 0.3) is 5.76 Å². The third-order valence-corrected chi connectivity index (χ3v) is 5.92. The number of Topliss-reactive ketones (excluding diaryl/α,β-unsaturated/α-hetero) is 1. The van der Waals surface area contributed by atoms with E-state index in [9.17, 15) is 14.7 Å². The topological polar surface area (TPSA) is 93.9 Å². The SMILES string of the molecule is CCCOc1ccc(/C(O)=C2\C(=O)C(=O)N(CCCn3ccnc3)C2c2cccc(OC)c2)cc1. The first-order valence-electron chi connectivity index (χ1n) is 11.6. The lowest BCUT2D eigenvalue weighted by Crippen LogP contribution is -2.31. The quantitative estimate of drug-likeness (QED) is 0.268. The lowest BCUT2D eigenvalue weighted by molar-refractivity contribution is -0.139. The number of carbonyl (C=O) groups excluding carboxylic acids is 2. The van der Waals surface area contributed by atoms with Gasteiger partial charge in [0, 0.05) is 31.0 Å². The van der Waals surface area contributed by atoms with Crippen LogP contribution in [0.4, 0.5) is 0 Å². The lowest BCUT2D eigenvalue weighted by Gasteiger charge is -2.25. The highest BCUT2D eigenvalue weighted by molar-refractivity contribution is 6.46. The number of carbonyl (C=O) groups is 2. The van der Waals surface area contributed by atoms with Crippen LogP contribution in [-0.4, -0.2) is 51.5 Å². The molecule has 4 rings (SSSR count). The van der Waals surface area contributed by atoms with Crippen molar-refractivity contribution < 1.29 is 24.2 Å². The molecule has 0 spiro atoms. The van der Waals surface area contributed by atoms with Gasteiger partial charge in [-0.3, -0.25) is 9.59 Å². The summed E-state index contributed by atoms with van der Waals surface area (Å²) in [4.78, 5) is 31.9. The summed E-state index contributed by atoms with van der Waals surface area (Å²) in [6.07, 6.45) is 6.75. The Morgan fingerprint density at radius 2 is 1.89 bits per heavy atom. The van der Waals surface area contributed by atoms with E-state index < -0.39 is 17.7 Å². The Hall–Kier alpha value is -4.07. The zero-order valence-corrected chi connectivity index (χ0v) is 19.9. The lowest BCUT2D eigenvalue weighted by atomic mass is 9.95. The van der Waals surface area contributed by atoms with E-state index in [-0.39, 0.29) is 11.3 Å². The summed E-state index contributed by atoms with van der Waals surface area (Å²) in [6, 6.07) is 13.3. The number of imidazole rings is 1. The number of benzene rings is 2. The number of amides is 1. The Bertz CT molecular complexity index is 1200. The number of ether oxygens (including phenoxy) is 2. The van der Waals surface area contributed by atoms with Gasteiger partial charge in [-0.1, -0.05) is 19.1 Å². The predicted molar refractivity (Wildman–Crippen MR) is 131 cm³/mol. The zero-order valence-electron chi connectivity index (χ0n) is 19.9. The predicted octanol–water partition coefficient (Wildman–Crippen LogP) is 4.19. The minimum absolute atomic E-state index is 0.0631. The molecule has 2 heterocycles. The smallest absolute Gasteiger partial charge is 0.295 e. The molecule has 1 aromatic heterocycles. The Morgan fingerprint density at radius 3 is 2.57 bits per heavy atom. The Kier molecular flexibility index (Phi) is 7.50. The summed E-state index contributed by atoms with van der Waals surface area (Å²) in [5.41, 5.74) is 1.20. The maximum atomic E-state index is 13.2. The summed E-state index contributed by atoms with van der Waals surface area (Å²) in [6.45, 7) is 3.59. The van der Waals surface area contributed by atoms with Gasteiger partial charge in [-0.25, -0.2) is 4.98 Å². The maximum absolute atomic E-state index is 13.2. The zero-order chi connectivity index (χ0) is 24.8. The van der Waals surface area contributed by atoms with Crippen LogP contribution in [-0.2, 0) is 16.1 Å². The molecule has 0 bridgehead atoms. The number of aryl methyl sites for hydroxylation is 1. The van der Waals surface area contributed by atoms with E-state index in [2.05, 4.69) is 4.98 Å². The van der Waals surface area contributed by atoms with Gasteiger partial charge < -0.3 is 24.0 Å². The standard InChI is InChI=1S/C27H29N3O5/c1-3-16-35-21-10-8-19(9-11-21)25(31)23-24(20-6-4-7-22(17-20)34-2)30(27(33)26(23)32)14-5-13-29-15-12-28-18-29/h4,6-12,15,17-18,24,31H,3,5,13-14,16H2,1-2H3/b25-23+. The molecule has 3 aromatic rings. The molecule has 1 aliphatic rings. The molecule has 182 valence electrons. The monoisotopic (exact) mass is 475 g/mol. The largest absolute Gasteiger partial charge is 0.507 e. The van der Waals surface area contributed by atoms with Gasteiger partial charge in [0.25, 0.3) is 11.7 Å². The van der Waals surface area contributed by atoms with Crippen molar-refractivity contribution in [2.75, 3.05) is 20.3 Å². The van der Waals surface area contributed by atoms with E-state index in [1.54, 1.807) is 62.1 Å². The normalized spacial score (nSPS) is 17.1. The first-order valence-corrected chi connectivity index (χ1v) is 11.6. The van der Waals surface area contributed by atoms with Crippen LogP contribution in [0, 0.1) is 0 Å². The van der Waals surface area contributed by atoms with Gasteiger partial charge in [-0.05, 0) is 54.8 Å². The van der Waals surface area contributed by atoms with Crippen LogP contribution in [0.5, 0.6) is 11.5 Å². The molecule has 0 radical (unpaired) electrons. The summed E-state index contributed by atoms with van der Waals surface area (Å²) in [5.74, 6) is -0.274. The molecule has 8 nitrogen and oxygen atoms in total. The highest BCUT2D eigenvalue weighted by atomic mass is 16.5. The van der Waals surface area contributed by atoms with Crippen molar-refractivity contribution in [1.29, 1.82) is 0 Å². The van der Waals surface area contributed by atoms with Gasteiger partial charge >= 0.3 is 0 Å². The van der Waals surface area contributed by atoms with Gasteiger partial charge in [-0.2, -0.15) is 0 Å². The minimum Gasteiger partial charge on any atom is -0.507 e. The van der Waals surface area contributed by atoms with Gasteiger partial charge in [0.1, 0.15) is 17.3 Å². The fourth-order valence-electron chi connectivity index (χ4n) is 4.20. The molecule has 2 aromatic carbocycles. The first-order chi connectivity index (χ1) is 17.0. The van der Waals surface area contributed by atoms with E-state index in [1.807, 2.05) is 23.8 Å². The van der Waals surface area contributed by atoms with E-state index in [0.29, 0.717) is 48.7 Å². The van der Waals surface area contributed by atoms with Crippen molar-refractivity contribution in [2.24, 2.45) is 0 Å². The molecule has 1 amide bonds. The van der Waals surface area contributed by atoms with Crippen molar-refractivity contribution >= 4 is 17.4 Å². The Labute approximate surface area is 204 Å². The molecule has 1 saturated heterocycles. The van der Waals surface area contributed by atoms with Gasteiger partial charge in [0.15, 0.2) is 0 Å². The highest BCUT2D eigenvalue weighted by Crippen LogP contribution is 2.40. The molecule has 8 heteroatoms. The third kappa shape index (κ3) is 5.21. The summed E-state index contributed by atoms with van der Waals surface area (Å²) < 4.78 is 12.9. The maximum Gasteiger partial charge on any atom is 0.295 e. The molecule has 0 aliphatic carbocycles. The second-order valence-corrected chi connectivity index (χ2v) is 8.30. The second-order valence-electron chi connectivity index (χ2n) is 8.30. The molecule has 1 aliphatic heterocycles. The molecule has 1 fully saturated rings. The number of rotatable bonds is 10. The highest BCUT2D eigenvalue weighted by Gasteiger charge is 2.45. The average molecular weight is 476 g/mol. The molecule has 0 saturated carbocycles. The van der Waals surface area contributed by atoms with Gasteiger partial charge in [-0.15, -0.1) is 0 Å². The van der Waals surface area contributed by atoms with Gasteiger partial charge in [0.05, 0.1) is 31.7 Å². The number of aromatic nitrogens is 2. The molecule has 1 N–H and O–H groups in total. The number of methoxy groups -OCH3 is 1. The summed E-state index contributed by atoms with van der Waals surface area (Å²) in [5, 5.41) is 11.2. The molecule has 1 unspecified atom stereocenters. The van der Waals surface area contributed by atoms with Crippen LogP contribution in [0.3, 0.4) is 0 Å². The van der Waals surface area contributed by atoms with E-state index in [0.717, 1.165) is 6.42 Å². The van der Waals surface area contributed by atoms with Crippen molar-refractivity contribution in [1.82, 2.24) is 14.5 Å². The number of aliphatic hydroxyl groups is 1. The van der Waals surface area contributed by atoms with Crippen LogP contribution < -0.4 is 9.47 Å². The number of hydrogen-bond donors (Lipinski definition) is 1. The van der Waals surface area contributed by atoms with Crippen LogP contribution in [0.1, 0.15) is 36.9 Å². The summed E-state index contributed by atoms with van der Waals surface area (Å²) >= 11 is 0. The number of aliphatic hydroxyl groups excluding tert-OH is 1. The molecule has 35 heavy (non-hydrogen) atoms. The van der Waals surface area contributed by atoms with Crippen molar-refractivity contribution in [3.05, 3.63) is 84.0 Å². The number of hydrogen-bond acceptors (Lipinski definition) is 6. The van der Waals surface area contributed by atoms with Crippen LogP contribution >= 0.6 is 0 Å². The van der Waals surface area contributed by atoms with E-state index in [1.165, 1.54) is 4.90 Å². The number of ketones is 1. The van der Waals surface area contributed by atoms with Crippen molar-refractivity contribution in [3.8, 4) is 11.5 Å². The number of likely N-dealkylation sites (tertiary alicyclic amines) is 1. The van der Waals surface area contributed by atoms with Crippen molar-refractivity contribution in [2.45, 2.75) is 32.4 Å². The fourth-order valence-corrected chi connectivity index (χ4v) is 4.20. The molecule has 1 atom stereocenters. The second kappa shape index (κ2) is 10.9. The van der Waals surface area contributed by atoms with Gasteiger partial charge in [0.2, 0.25) is 0 Å². The Balaban J connectivity index is 1.70. The molecular weight excluding hydrogens is 446 g/mol. The van der Waals surface area contributed by atoms with Crippen LogP contribution in [0.2, 0.25) is 0 Å². The van der Waals surface area contributed by atoms with E-state index >= 15 is 0 Å².